The van der Waals surface area contributed by atoms with Gasteiger partial charge in [0.2, 0.25) is 0 Å². The Kier molecular flexibility index (Phi) is 4.53. The molecule has 0 amide bonds. The molecule has 0 spiro atoms. The van der Waals surface area contributed by atoms with Gasteiger partial charge in [0.15, 0.2) is 0 Å². The first-order valence-corrected chi connectivity index (χ1v) is 6.98. The summed E-state index contributed by atoms with van der Waals surface area (Å²) >= 11 is 0. The lowest BCUT2D eigenvalue weighted by molar-refractivity contribution is 0.453. The molecule has 4 nitrogen and oxygen atoms in total. The molecule has 1 aromatic rings. The van der Waals surface area contributed by atoms with Crippen molar-refractivity contribution < 1.29 is 0 Å². The number of rotatable bonds is 4. The van der Waals surface area contributed by atoms with E-state index >= 15 is 0 Å². The van der Waals surface area contributed by atoms with Gasteiger partial charge in [0.25, 0.3) is 0 Å². The van der Waals surface area contributed by atoms with Gasteiger partial charge in [0.05, 0.1) is 5.69 Å². The monoisotopic (exact) mass is 260 g/mol. The number of likely N-dealkylation sites (N-methyl/N-ethyl adjacent to an activating group) is 1. The summed E-state index contributed by atoms with van der Waals surface area (Å²) in [6.07, 6.45) is 2.44. The van der Waals surface area contributed by atoms with Crippen molar-refractivity contribution in [3.8, 4) is 0 Å². The van der Waals surface area contributed by atoms with Crippen LogP contribution in [-0.2, 0) is 0 Å². The Morgan fingerprint density at radius 1 is 1.53 bits per heavy atom. The number of nitrogens with one attached hydrogen (secondary N) is 1. The van der Waals surface area contributed by atoms with Crippen LogP contribution in [-0.4, -0.2) is 36.6 Å². The Morgan fingerprint density at radius 2 is 2.32 bits per heavy atom. The molecular formula is C15H24N4. The summed E-state index contributed by atoms with van der Waals surface area (Å²) in [6.45, 7) is 11.0. The molecule has 1 aliphatic rings. The van der Waals surface area contributed by atoms with Crippen LogP contribution in [0.5, 0.6) is 0 Å². The molecule has 2 heterocycles. The molecule has 19 heavy (non-hydrogen) atoms. The van der Waals surface area contributed by atoms with Crippen LogP contribution in [0.2, 0.25) is 0 Å². The van der Waals surface area contributed by atoms with Crippen LogP contribution in [0.4, 0.5) is 5.82 Å². The van der Waals surface area contributed by atoms with Crippen LogP contribution in [0.3, 0.4) is 0 Å². The van der Waals surface area contributed by atoms with Gasteiger partial charge in [-0.15, -0.1) is 0 Å². The molecule has 0 radical (unpaired) electrons. The van der Waals surface area contributed by atoms with Gasteiger partial charge in [-0.2, -0.15) is 0 Å². The van der Waals surface area contributed by atoms with Crippen molar-refractivity contribution >= 4 is 5.82 Å². The lowest BCUT2D eigenvalue weighted by atomic mass is 9.96. The molecule has 1 aliphatic heterocycles. The Labute approximate surface area is 115 Å². The standard InChI is InChI=1S/C15H24N4/c1-11(2)10-19(4)15-8-14(17-12(3)18-15)13-6-5-7-16-9-13/h8,13,16H,1,5-7,9-10H2,2-4H3/t13-/m0/s1. The van der Waals surface area contributed by atoms with Crippen LogP contribution in [0.15, 0.2) is 18.2 Å². The summed E-state index contributed by atoms with van der Waals surface area (Å²) in [5.74, 6) is 2.37. The summed E-state index contributed by atoms with van der Waals surface area (Å²) < 4.78 is 0. The van der Waals surface area contributed by atoms with E-state index in [1.807, 2.05) is 13.8 Å². The highest BCUT2D eigenvalue weighted by molar-refractivity contribution is 5.41. The van der Waals surface area contributed by atoms with Gasteiger partial charge in [0, 0.05) is 32.1 Å². The largest absolute Gasteiger partial charge is 0.356 e. The number of nitrogens with zero attached hydrogens (tertiary/aromatic N) is 3. The SMILES string of the molecule is C=C(C)CN(C)c1cc([C@H]2CCCNC2)nc(C)n1. The van der Waals surface area contributed by atoms with E-state index in [1.165, 1.54) is 18.5 Å². The lowest BCUT2D eigenvalue weighted by Gasteiger charge is -2.24. The third-order valence-electron chi connectivity index (χ3n) is 3.46. The number of piperidine rings is 1. The second kappa shape index (κ2) is 6.15. The first kappa shape index (κ1) is 14.0. The van der Waals surface area contributed by atoms with E-state index in [2.05, 4.69) is 39.9 Å². The van der Waals surface area contributed by atoms with Crippen molar-refractivity contribution in [1.29, 1.82) is 0 Å². The molecule has 1 N–H and O–H groups in total. The van der Waals surface area contributed by atoms with Crippen molar-refractivity contribution in [2.45, 2.75) is 32.6 Å². The minimum atomic E-state index is 0.521. The minimum Gasteiger partial charge on any atom is -0.356 e. The van der Waals surface area contributed by atoms with E-state index in [0.29, 0.717) is 5.92 Å². The van der Waals surface area contributed by atoms with Crippen LogP contribution in [0, 0.1) is 6.92 Å². The first-order valence-electron chi connectivity index (χ1n) is 6.98. The Morgan fingerprint density at radius 3 is 2.95 bits per heavy atom. The van der Waals surface area contributed by atoms with Crippen LogP contribution >= 0.6 is 0 Å². The molecule has 0 aliphatic carbocycles. The van der Waals surface area contributed by atoms with Gasteiger partial charge in [-0.25, -0.2) is 9.97 Å². The van der Waals surface area contributed by atoms with Gasteiger partial charge < -0.3 is 10.2 Å². The Hall–Kier alpha value is -1.42. The first-order chi connectivity index (χ1) is 9.06. The number of aryl methyl sites for hydroxylation is 1. The lowest BCUT2D eigenvalue weighted by Crippen LogP contribution is -2.29. The average molecular weight is 260 g/mol. The minimum absolute atomic E-state index is 0.521. The highest BCUT2D eigenvalue weighted by Gasteiger charge is 2.18. The highest BCUT2D eigenvalue weighted by atomic mass is 15.2. The predicted octanol–water partition coefficient (Wildman–Crippen LogP) is 2.26. The summed E-state index contributed by atoms with van der Waals surface area (Å²) in [7, 11) is 2.05. The van der Waals surface area contributed by atoms with Crippen LogP contribution < -0.4 is 10.2 Å². The van der Waals surface area contributed by atoms with Crippen molar-refractivity contribution in [2.75, 3.05) is 31.6 Å². The number of aromatic nitrogens is 2. The summed E-state index contributed by atoms with van der Waals surface area (Å²) in [5, 5.41) is 3.45. The maximum Gasteiger partial charge on any atom is 0.132 e. The predicted molar refractivity (Wildman–Crippen MR) is 79.7 cm³/mol. The van der Waals surface area contributed by atoms with Gasteiger partial charge in [-0.3, -0.25) is 0 Å². The van der Waals surface area contributed by atoms with E-state index in [1.54, 1.807) is 0 Å². The Balaban J connectivity index is 2.20. The summed E-state index contributed by atoms with van der Waals surface area (Å²) in [5.41, 5.74) is 2.31. The third-order valence-corrected chi connectivity index (χ3v) is 3.46. The highest BCUT2D eigenvalue weighted by Crippen LogP contribution is 2.24. The molecule has 4 heteroatoms. The van der Waals surface area contributed by atoms with Gasteiger partial charge in [0.1, 0.15) is 11.6 Å². The number of anilines is 1. The van der Waals surface area contributed by atoms with Crippen molar-refractivity contribution in [3.63, 3.8) is 0 Å². The zero-order chi connectivity index (χ0) is 13.8. The zero-order valence-corrected chi connectivity index (χ0v) is 12.2. The molecule has 2 rings (SSSR count). The van der Waals surface area contributed by atoms with Crippen molar-refractivity contribution in [3.05, 3.63) is 29.7 Å². The van der Waals surface area contributed by atoms with E-state index in [0.717, 1.165) is 36.8 Å². The number of hydrogen-bond donors (Lipinski definition) is 1. The topological polar surface area (TPSA) is 41.0 Å². The maximum absolute atomic E-state index is 4.62. The third kappa shape index (κ3) is 3.77. The molecule has 0 saturated carbocycles. The summed E-state index contributed by atoms with van der Waals surface area (Å²) in [6, 6.07) is 2.13. The quantitative estimate of drug-likeness (QED) is 0.843. The van der Waals surface area contributed by atoms with Crippen molar-refractivity contribution in [1.82, 2.24) is 15.3 Å². The maximum atomic E-state index is 4.62. The fraction of sp³-hybridized carbons (Fsp3) is 0.600. The molecule has 0 bridgehead atoms. The molecule has 0 unspecified atom stereocenters. The van der Waals surface area contributed by atoms with E-state index in [-0.39, 0.29) is 0 Å². The second-order valence-corrected chi connectivity index (χ2v) is 5.55. The van der Waals surface area contributed by atoms with Gasteiger partial charge >= 0.3 is 0 Å². The van der Waals surface area contributed by atoms with Crippen LogP contribution in [0.1, 0.15) is 37.2 Å². The fourth-order valence-electron chi connectivity index (χ4n) is 2.57. The fourth-order valence-corrected chi connectivity index (χ4v) is 2.57. The van der Waals surface area contributed by atoms with E-state index < -0.39 is 0 Å². The Bertz CT molecular complexity index is 449. The van der Waals surface area contributed by atoms with E-state index in [4.69, 9.17) is 0 Å². The molecule has 1 saturated heterocycles. The van der Waals surface area contributed by atoms with Gasteiger partial charge in [-0.05, 0) is 33.2 Å². The zero-order valence-electron chi connectivity index (χ0n) is 12.2. The smallest absolute Gasteiger partial charge is 0.132 e. The molecule has 1 fully saturated rings. The average Bonchev–Trinajstić information content (AvgIpc) is 2.38. The normalized spacial score (nSPS) is 19.2. The number of hydrogen-bond acceptors (Lipinski definition) is 4. The van der Waals surface area contributed by atoms with Crippen LogP contribution in [0.25, 0.3) is 0 Å². The molecule has 104 valence electrons. The molecule has 1 aromatic heterocycles. The van der Waals surface area contributed by atoms with Crippen molar-refractivity contribution in [2.24, 2.45) is 0 Å². The molecule has 1 atom stereocenters. The molecular weight excluding hydrogens is 236 g/mol. The summed E-state index contributed by atoms with van der Waals surface area (Å²) in [4.78, 5) is 11.3. The second-order valence-electron chi connectivity index (χ2n) is 5.55. The van der Waals surface area contributed by atoms with E-state index in [9.17, 15) is 0 Å². The van der Waals surface area contributed by atoms with Gasteiger partial charge in [-0.1, -0.05) is 12.2 Å². The molecule has 0 aromatic carbocycles.